The van der Waals surface area contributed by atoms with Crippen LogP contribution in [0.2, 0.25) is 0 Å². The molecule has 2 unspecified atom stereocenters. The molecular formula is C15H22N4. The Kier molecular flexibility index (Phi) is 4.32. The molecule has 1 aromatic carbocycles. The highest BCUT2D eigenvalue weighted by Gasteiger charge is 2.16. The topological polar surface area (TPSA) is 42.7 Å². The van der Waals surface area contributed by atoms with Crippen molar-refractivity contribution in [3.05, 3.63) is 47.5 Å². The molecule has 102 valence electrons. The van der Waals surface area contributed by atoms with E-state index in [4.69, 9.17) is 0 Å². The van der Waals surface area contributed by atoms with Crippen LogP contribution in [0.4, 0.5) is 0 Å². The number of nitrogens with one attached hydrogen (secondary N) is 1. The molecule has 0 spiro atoms. The first-order valence-electron chi connectivity index (χ1n) is 6.78. The van der Waals surface area contributed by atoms with E-state index in [9.17, 15) is 0 Å². The monoisotopic (exact) mass is 258 g/mol. The molecule has 0 fully saturated rings. The van der Waals surface area contributed by atoms with Crippen LogP contribution in [0, 0.1) is 6.92 Å². The van der Waals surface area contributed by atoms with Crippen molar-refractivity contribution >= 4 is 0 Å². The number of aryl methyl sites for hydroxylation is 2. The summed E-state index contributed by atoms with van der Waals surface area (Å²) in [5.41, 5.74) is 2.61. The van der Waals surface area contributed by atoms with Crippen LogP contribution in [0.5, 0.6) is 0 Å². The van der Waals surface area contributed by atoms with E-state index < -0.39 is 0 Å². The number of rotatable bonds is 5. The first kappa shape index (κ1) is 13.7. The van der Waals surface area contributed by atoms with Gasteiger partial charge in [0, 0.05) is 13.1 Å². The summed E-state index contributed by atoms with van der Waals surface area (Å²) in [6.45, 7) is 6.43. The molecule has 4 nitrogen and oxygen atoms in total. The number of hydrogen-bond acceptors (Lipinski definition) is 3. The molecule has 0 saturated heterocycles. The standard InChI is InChI=1S/C15H22N4/c1-5-14(13-8-6-11(2)7-9-13)17-12(3)15-18-16-10-19(15)4/h6-10,12,14,17H,5H2,1-4H3. The van der Waals surface area contributed by atoms with Gasteiger partial charge in [-0.05, 0) is 25.8 Å². The fourth-order valence-corrected chi connectivity index (χ4v) is 2.31. The highest BCUT2D eigenvalue weighted by atomic mass is 15.3. The summed E-state index contributed by atoms with van der Waals surface area (Å²) in [5.74, 6) is 0.963. The van der Waals surface area contributed by atoms with Crippen LogP contribution in [0.3, 0.4) is 0 Å². The molecule has 2 atom stereocenters. The van der Waals surface area contributed by atoms with Crippen LogP contribution in [-0.4, -0.2) is 14.8 Å². The molecule has 1 N–H and O–H groups in total. The Labute approximate surface area is 114 Å². The number of nitrogens with zero attached hydrogens (tertiary/aromatic N) is 3. The van der Waals surface area contributed by atoms with Crippen molar-refractivity contribution in [3.8, 4) is 0 Å². The molecule has 0 radical (unpaired) electrons. The summed E-state index contributed by atoms with van der Waals surface area (Å²) in [6.07, 6.45) is 2.78. The predicted octanol–water partition coefficient (Wildman–Crippen LogP) is 2.93. The van der Waals surface area contributed by atoms with E-state index in [-0.39, 0.29) is 6.04 Å². The summed E-state index contributed by atoms with van der Waals surface area (Å²) >= 11 is 0. The third-order valence-corrected chi connectivity index (χ3v) is 3.47. The van der Waals surface area contributed by atoms with Gasteiger partial charge in [0.05, 0.1) is 6.04 Å². The smallest absolute Gasteiger partial charge is 0.149 e. The first-order chi connectivity index (χ1) is 9.11. The Balaban J connectivity index is 2.11. The number of benzene rings is 1. The van der Waals surface area contributed by atoms with E-state index in [0.717, 1.165) is 12.2 Å². The number of hydrogen-bond donors (Lipinski definition) is 1. The van der Waals surface area contributed by atoms with Crippen LogP contribution >= 0.6 is 0 Å². The lowest BCUT2D eigenvalue weighted by Crippen LogP contribution is -2.26. The van der Waals surface area contributed by atoms with Crippen LogP contribution in [-0.2, 0) is 7.05 Å². The van der Waals surface area contributed by atoms with Crippen LogP contribution < -0.4 is 5.32 Å². The van der Waals surface area contributed by atoms with Gasteiger partial charge < -0.3 is 9.88 Å². The molecule has 2 aromatic rings. The Bertz CT molecular complexity index is 515. The van der Waals surface area contributed by atoms with Gasteiger partial charge >= 0.3 is 0 Å². The fourth-order valence-electron chi connectivity index (χ4n) is 2.31. The minimum atomic E-state index is 0.179. The van der Waals surface area contributed by atoms with E-state index in [1.807, 2.05) is 11.6 Å². The molecule has 0 bridgehead atoms. The second kappa shape index (κ2) is 5.97. The Morgan fingerprint density at radius 3 is 2.47 bits per heavy atom. The molecule has 0 aliphatic carbocycles. The van der Waals surface area contributed by atoms with Gasteiger partial charge in [-0.15, -0.1) is 10.2 Å². The van der Waals surface area contributed by atoms with Gasteiger partial charge in [0.25, 0.3) is 0 Å². The average molecular weight is 258 g/mol. The van der Waals surface area contributed by atoms with Crippen molar-refractivity contribution in [1.29, 1.82) is 0 Å². The molecule has 4 heteroatoms. The molecule has 19 heavy (non-hydrogen) atoms. The summed E-state index contributed by atoms with van der Waals surface area (Å²) in [5, 5.41) is 11.7. The Morgan fingerprint density at radius 2 is 1.95 bits per heavy atom. The maximum absolute atomic E-state index is 4.16. The van der Waals surface area contributed by atoms with Crippen molar-refractivity contribution in [2.45, 2.75) is 39.3 Å². The molecule has 0 saturated carbocycles. The van der Waals surface area contributed by atoms with Crippen molar-refractivity contribution < 1.29 is 0 Å². The normalized spacial score (nSPS) is 14.3. The molecule has 2 rings (SSSR count). The van der Waals surface area contributed by atoms with Crippen molar-refractivity contribution in [2.75, 3.05) is 0 Å². The van der Waals surface area contributed by atoms with Gasteiger partial charge in [0.2, 0.25) is 0 Å². The van der Waals surface area contributed by atoms with Crippen LogP contribution in [0.1, 0.15) is 49.3 Å². The highest BCUT2D eigenvalue weighted by molar-refractivity contribution is 5.24. The third kappa shape index (κ3) is 3.20. The second-order valence-corrected chi connectivity index (χ2v) is 5.06. The van der Waals surface area contributed by atoms with Crippen LogP contribution in [0.15, 0.2) is 30.6 Å². The lowest BCUT2D eigenvalue weighted by molar-refractivity contribution is 0.434. The van der Waals surface area contributed by atoms with Crippen molar-refractivity contribution in [2.24, 2.45) is 7.05 Å². The maximum atomic E-state index is 4.16. The van der Waals surface area contributed by atoms with Gasteiger partial charge in [0.1, 0.15) is 12.2 Å². The van der Waals surface area contributed by atoms with Crippen LogP contribution in [0.25, 0.3) is 0 Å². The first-order valence-corrected chi connectivity index (χ1v) is 6.78. The zero-order valence-corrected chi connectivity index (χ0v) is 12.1. The van der Waals surface area contributed by atoms with Gasteiger partial charge in [-0.3, -0.25) is 0 Å². The summed E-state index contributed by atoms with van der Waals surface area (Å²) < 4.78 is 1.96. The van der Waals surface area contributed by atoms with E-state index in [2.05, 4.69) is 60.6 Å². The lowest BCUT2D eigenvalue weighted by Gasteiger charge is -2.22. The van der Waals surface area contributed by atoms with Gasteiger partial charge in [-0.1, -0.05) is 36.8 Å². The third-order valence-electron chi connectivity index (χ3n) is 3.47. The summed E-state index contributed by atoms with van der Waals surface area (Å²) in [7, 11) is 1.97. The summed E-state index contributed by atoms with van der Waals surface area (Å²) in [4.78, 5) is 0. The predicted molar refractivity (Wildman–Crippen MR) is 76.8 cm³/mol. The molecule has 0 aliphatic heterocycles. The molecule has 1 aromatic heterocycles. The minimum absolute atomic E-state index is 0.179. The highest BCUT2D eigenvalue weighted by Crippen LogP contribution is 2.21. The fraction of sp³-hybridized carbons (Fsp3) is 0.467. The zero-order valence-electron chi connectivity index (χ0n) is 12.1. The quantitative estimate of drug-likeness (QED) is 0.896. The number of aromatic nitrogens is 3. The van der Waals surface area contributed by atoms with Gasteiger partial charge in [0.15, 0.2) is 0 Å². The summed E-state index contributed by atoms with van der Waals surface area (Å²) in [6, 6.07) is 9.23. The second-order valence-electron chi connectivity index (χ2n) is 5.06. The minimum Gasteiger partial charge on any atom is -0.319 e. The zero-order chi connectivity index (χ0) is 13.8. The van der Waals surface area contributed by atoms with E-state index in [1.54, 1.807) is 6.33 Å². The average Bonchev–Trinajstić information content (AvgIpc) is 2.83. The van der Waals surface area contributed by atoms with Crippen molar-refractivity contribution in [1.82, 2.24) is 20.1 Å². The van der Waals surface area contributed by atoms with E-state index in [0.29, 0.717) is 6.04 Å². The molecule has 0 amide bonds. The molecule has 0 aliphatic rings. The van der Waals surface area contributed by atoms with E-state index in [1.165, 1.54) is 11.1 Å². The van der Waals surface area contributed by atoms with Gasteiger partial charge in [-0.25, -0.2) is 0 Å². The maximum Gasteiger partial charge on any atom is 0.149 e. The molecular weight excluding hydrogens is 236 g/mol. The SMILES string of the molecule is CCC(NC(C)c1nncn1C)c1ccc(C)cc1. The molecule has 1 heterocycles. The lowest BCUT2D eigenvalue weighted by atomic mass is 10.0. The Morgan fingerprint density at radius 1 is 1.26 bits per heavy atom. The Hall–Kier alpha value is -1.68. The van der Waals surface area contributed by atoms with Gasteiger partial charge in [-0.2, -0.15) is 0 Å². The largest absolute Gasteiger partial charge is 0.319 e. The van der Waals surface area contributed by atoms with Crippen molar-refractivity contribution in [3.63, 3.8) is 0 Å². The van der Waals surface area contributed by atoms with E-state index >= 15 is 0 Å².